The third-order valence-corrected chi connectivity index (χ3v) is 11.7. The van der Waals surface area contributed by atoms with Crippen molar-refractivity contribution in [2.24, 2.45) is 5.73 Å². The molecular formula is C52H92NO10P. The molecule has 4 N–H and O–H groups in total. The Morgan fingerprint density at radius 3 is 1.30 bits per heavy atom. The maximum atomic E-state index is 12.7. The summed E-state index contributed by atoms with van der Waals surface area (Å²) in [7, 11) is -4.73. The Balaban J connectivity index is 4.31. The highest BCUT2D eigenvalue weighted by Crippen LogP contribution is 2.43. The Hall–Kier alpha value is -2.82. The maximum Gasteiger partial charge on any atom is 0.472 e. The van der Waals surface area contributed by atoms with Crippen molar-refractivity contribution in [1.29, 1.82) is 0 Å². The number of unbranched alkanes of at least 4 members (excludes halogenated alkanes) is 23. The fraction of sp³-hybridized carbons (Fsp3) is 0.750. The van der Waals surface area contributed by atoms with Crippen LogP contribution in [-0.2, 0) is 37.5 Å². The highest BCUT2D eigenvalue weighted by molar-refractivity contribution is 7.47. The van der Waals surface area contributed by atoms with Crippen molar-refractivity contribution in [3.8, 4) is 0 Å². The molecule has 0 aliphatic heterocycles. The van der Waals surface area contributed by atoms with Crippen LogP contribution >= 0.6 is 7.82 Å². The van der Waals surface area contributed by atoms with Crippen molar-refractivity contribution < 1.29 is 47.5 Å². The first kappa shape index (κ1) is 61.2. The van der Waals surface area contributed by atoms with Crippen LogP contribution in [0.5, 0.6) is 0 Å². The third kappa shape index (κ3) is 45.7. The monoisotopic (exact) mass is 922 g/mol. The van der Waals surface area contributed by atoms with E-state index in [9.17, 15) is 23.8 Å². The van der Waals surface area contributed by atoms with E-state index in [0.29, 0.717) is 12.8 Å². The standard InChI is InChI=1S/C52H92NO10P/c1-3-5-7-9-11-13-15-17-19-21-23-24-26-27-29-31-33-35-37-39-41-43-50(54)60-45-48(46-61-64(58,59)62-47-49(53)52(56)57)63-51(55)44-42-40-38-36-34-32-30-28-25-22-20-18-16-14-12-10-8-6-4-2/h12,14,17-20,25,28,32,34,48-49H,3-11,13,15-16,21-24,26-27,29-31,33,35-47,53H2,1-2H3,(H,56,57)(H,58,59)/b14-12-,19-17-,20-18-,28-25-,34-32-/t48-,49+/m1/s1. The largest absolute Gasteiger partial charge is 0.480 e. The Bertz CT molecular complexity index is 1310. The first-order valence-corrected chi connectivity index (χ1v) is 26.8. The molecule has 0 amide bonds. The van der Waals surface area contributed by atoms with Gasteiger partial charge in [0.15, 0.2) is 6.10 Å². The molecule has 0 saturated carbocycles. The average Bonchev–Trinajstić information content (AvgIpc) is 3.27. The van der Waals surface area contributed by atoms with Gasteiger partial charge in [0.1, 0.15) is 12.6 Å². The summed E-state index contributed by atoms with van der Waals surface area (Å²) in [5.74, 6) is -2.42. The molecule has 1 unspecified atom stereocenters. The number of hydrogen-bond donors (Lipinski definition) is 3. The SMILES string of the molecule is CCCCC/C=C\C/C=C\C/C=C\C/C=C\CCCCCC(=O)O[C@H](COC(=O)CCCCCCCCCCCCC/C=C\CCCCCCCC)COP(=O)(O)OC[C@H](N)C(=O)O. The van der Waals surface area contributed by atoms with Crippen LogP contribution in [-0.4, -0.2) is 59.9 Å². The van der Waals surface area contributed by atoms with E-state index in [4.69, 9.17) is 24.8 Å². The number of nitrogens with two attached hydrogens (primary N) is 1. The second-order valence-electron chi connectivity index (χ2n) is 16.9. The lowest BCUT2D eigenvalue weighted by Gasteiger charge is -2.20. The van der Waals surface area contributed by atoms with Gasteiger partial charge < -0.3 is 25.2 Å². The van der Waals surface area contributed by atoms with Crippen LogP contribution in [0.25, 0.3) is 0 Å². The molecule has 11 nitrogen and oxygen atoms in total. The molecule has 0 heterocycles. The van der Waals surface area contributed by atoms with E-state index in [2.05, 4.69) is 79.1 Å². The normalized spacial score (nSPS) is 14.1. The second kappa shape index (κ2) is 46.7. The first-order valence-electron chi connectivity index (χ1n) is 25.3. The molecule has 370 valence electrons. The van der Waals surface area contributed by atoms with E-state index in [-0.39, 0.29) is 19.4 Å². The molecule has 0 aliphatic rings. The number of carboxylic acid groups (broad SMARTS) is 1. The van der Waals surface area contributed by atoms with Gasteiger partial charge in [-0.3, -0.25) is 23.4 Å². The minimum absolute atomic E-state index is 0.122. The number of carboxylic acids is 1. The van der Waals surface area contributed by atoms with E-state index < -0.39 is 51.1 Å². The van der Waals surface area contributed by atoms with Gasteiger partial charge in [-0.05, 0) is 83.5 Å². The Morgan fingerprint density at radius 1 is 0.484 bits per heavy atom. The molecule has 0 saturated heterocycles. The van der Waals surface area contributed by atoms with Crippen molar-refractivity contribution in [2.45, 2.75) is 231 Å². The molecular weight excluding hydrogens is 830 g/mol. The van der Waals surface area contributed by atoms with Gasteiger partial charge in [0.2, 0.25) is 0 Å². The number of rotatable bonds is 47. The minimum atomic E-state index is -4.73. The summed E-state index contributed by atoms with van der Waals surface area (Å²) in [5.41, 5.74) is 5.35. The van der Waals surface area contributed by atoms with Gasteiger partial charge in [0.05, 0.1) is 13.2 Å². The van der Waals surface area contributed by atoms with Crippen LogP contribution in [0.3, 0.4) is 0 Å². The molecule has 0 radical (unpaired) electrons. The molecule has 0 fully saturated rings. The zero-order valence-electron chi connectivity index (χ0n) is 40.4. The predicted molar refractivity (Wildman–Crippen MR) is 263 cm³/mol. The summed E-state index contributed by atoms with van der Waals surface area (Å²) < 4.78 is 32.8. The second-order valence-corrected chi connectivity index (χ2v) is 18.4. The topological polar surface area (TPSA) is 172 Å². The fourth-order valence-electron chi connectivity index (χ4n) is 6.75. The Labute approximate surface area is 389 Å². The Kier molecular flexibility index (Phi) is 44.6. The van der Waals surface area contributed by atoms with Gasteiger partial charge >= 0.3 is 25.7 Å². The molecule has 0 aromatic heterocycles. The van der Waals surface area contributed by atoms with Gasteiger partial charge in [0.25, 0.3) is 0 Å². The summed E-state index contributed by atoms with van der Waals surface area (Å²) in [6.07, 6.45) is 55.7. The van der Waals surface area contributed by atoms with Gasteiger partial charge in [-0.2, -0.15) is 0 Å². The summed E-state index contributed by atoms with van der Waals surface area (Å²) >= 11 is 0. The fourth-order valence-corrected chi connectivity index (χ4v) is 7.53. The van der Waals surface area contributed by atoms with Crippen molar-refractivity contribution >= 4 is 25.7 Å². The average molecular weight is 922 g/mol. The van der Waals surface area contributed by atoms with Crippen molar-refractivity contribution in [2.75, 3.05) is 19.8 Å². The minimum Gasteiger partial charge on any atom is -0.480 e. The number of carbonyl (C=O) groups excluding carboxylic acids is 2. The molecule has 0 spiro atoms. The van der Waals surface area contributed by atoms with Crippen molar-refractivity contribution in [3.05, 3.63) is 60.8 Å². The number of hydrogen-bond acceptors (Lipinski definition) is 9. The first-order chi connectivity index (χ1) is 31.1. The summed E-state index contributed by atoms with van der Waals surface area (Å²) in [6, 6.07) is -1.53. The molecule has 0 aromatic rings. The van der Waals surface area contributed by atoms with Crippen LogP contribution in [0.2, 0.25) is 0 Å². The zero-order valence-corrected chi connectivity index (χ0v) is 41.3. The van der Waals surface area contributed by atoms with E-state index >= 15 is 0 Å². The predicted octanol–water partition coefficient (Wildman–Crippen LogP) is 14.3. The summed E-state index contributed by atoms with van der Waals surface area (Å²) in [5, 5.41) is 8.92. The molecule has 12 heteroatoms. The molecule has 64 heavy (non-hydrogen) atoms. The third-order valence-electron chi connectivity index (χ3n) is 10.7. The van der Waals surface area contributed by atoms with Crippen LogP contribution in [0, 0.1) is 0 Å². The number of ether oxygens (including phenoxy) is 2. The summed E-state index contributed by atoms with van der Waals surface area (Å²) in [6.45, 7) is 2.76. The number of esters is 2. The number of phosphoric acid groups is 1. The van der Waals surface area contributed by atoms with E-state index in [0.717, 1.165) is 57.8 Å². The van der Waals surface area contributed by atoms with Crippen LogP contribution < -0.4 is 5.73 Å². The number of phosphoric ester groups is 1. The highest BCUT2D eigenvalue weighted by Gasteiger charge is 2.28. The highest BCUT2D eigenvalue weighted by atomic mass is 31.2. The number of carbonyl (C=O) groups is 3. The maximum absolute atomic E-state index is 12.7. The summed E-state index contributed by atoms with van der Waals surface area (Å²) in [4.78, 5) is 46.2. The van der Waals surface area contributed by atoms with E-state index in [1.54, 1.807) is 0 Å². The lowest BCUT2D eigenvalue weighted by Crippen LogP contribution is -2.34. The van der Waals surface area contributed by atoms with Gasteiger partial charge in [0, 0.05) is 12.8 Å². The molecule has 0 rings (SSSR count). The lowest BCUT2D eigenvalue weighted by atomic mass is 10.0. The smallest absolute Gasteiger partial charge is 0.472 e. The number of allylic oxidation sites excluding steroid dienone is 10. The molecule has 0 bridgehead atoms. The molecule has 0 aliphatic carbocycles. The van der Waals surface area contributed by atoms with E-state index in [1.807, 2.05) is 0 Å². The van der Waals surface area contributed by atoms with E-state index in [1.165, 1.54) is 122 Å². The van der Waals surface area contributed by atoms with Crippen LogP contribution in [0.4, 0.5) is 0 Å². The lowest BCUT2D eigenvalue weighted by molar-refractivity contribution is -0.161. The zero-order chi connectivity index (χ0) is 47.0. The quantitative estimate of drug-likeness (QED) is 0.0230. The Morgan fingerprint density at radius 2 is 0.828 bits per heavy atom. The van der Waals surface area contributed by atoms with Crippen molar-refractivity contribution in [3.63, 3.8) is 0 Å². The van der Waals surface area contributed by atoms with Crippen LogP contribution in [0.1, 0.15) is 219 Å². The molecule has 0 aromatic carbocycles. The van der Waals surface area contributed by atoms with Crippen LogP contribution in [0.15, 0.2) is 60.8 Å². The van der Waals surface area contributed by atoms with Gasteiger partial charge in [-0.1, -0.05) is 184 Å². The number of aliphatic carboxylic acids is 1. The molecule has 3 atom stereocenters. The van der Waals surface area contributed by atoms with Gasteiger partial charge in [-0.25, -0.2) is 4.57 Å². The van der Waals surface area contributed by atoms with Crippen molar-refractivity contribution in [1.82, 2.24) is 0 Å². The van der Waals surface area contributed by atoms with Gasteiger partial charge in [-0.15, -0.1) is 0 Å².